The highest BCUT2D eigenvalue weighted by Crippen LogP contribution is 2.35. The van der Waals surface area contributed by atoms with Gasteiger partial charge in [0.25, 0.3) is 5.91 Å². The number of aromatic nitrogens is 1. The third-order valence-corrected chi connectivity index (χ3v) is 5.68. The number of anilines is 1. The zero-order valence-corrected chi connectivity index (χ0v) is 17.9. The van der Waals surface area contributed by atoms with Gasteiger partial charge in [-0.05, 0) is 41.5 Å². The summed E-state index contributed by atoms with van der Waals surface area (Å²) < 4.78 is 16.8. The van der Waals surface area contributed by atoms with Crippen molar-refractivity contribution in [2.45, 2.75) is 0 Å². The molecule has 160 valence electrons. The fourth-order valence-electron chi connectivity index (χ4n) is 3.34. The van der Waals surface area contributed by atoms with Crippen LogP contribution < -0.4 is 19.5 Å². The van der Waals surface area contributed by atoms with Crippen LogP contribution >= 0.6 is 11.3 Å². The lowest BCUT2D eigenvalue weighted by atomic mass is 10.1. The molecule has 6 nitrogen and oxygen atoms in total. The Balaban J connectivity index is 1.17. The second-order valence-electron chi connectivity index (χ2n) is 7.12. The summed E-state index contributed by atoms with van der Waals surface area (Å²) >= 11 is 1.36. The highest BCUT2D eigenvalue weighted by molar-refractivity contribution is 7.14. The van der Waals surface area contributed by atoms with Gasteiger partial charge in [-0.3, -0.25) is 10.1 Å². The van der Waals surface area contributed by atoms with E-state index in [-0.39, 0.29) is 12.5 Å². The van der Waals surface area contributed by atoms with Gasteiger partial charge in [0.15, 0.2) is 23.2 Å². The maximum absolute atomic E-state index is 12.3. The van der Waals surface area contributed by atoms with E-state index in [9.17, 15) is 4.79 Å². The molecule has 2 heterocycles. The molecule has 0 saturated heterocycles. The Morgan fingerprint density at radius 2 is 1.62 bits per heavy atom. The molecule has 1 N–H and O–H groups in total. The molecule has 0 fully saturated rings. The van der Waals surface area contributed by atoms with Crippen LogP contribution in [0, 0.1) is 0 Å². The fraction of sp³-hybridized carbons (Fsp3) is 0.120. The van der Waals surface area contributed by atoms with Crippen LogP contribution in [0.2, 0.25) is 0 Å². The van der Waals surface area contributed by atoms with Crippen LogP contribution in [0.5, 0.6) is 17.2 Å². The second kappa shape index (κ2) is 9.11. The average Bonchev–Trinajstić information content (AvgIpc) is 3.32. The standard InChI is InChI=1S/C25H20N2O4S/c28-24(15-31-20-9-6-18(7-10-20)17-4-2-1-3-5-17)27-25-26-21(16-32-25)19-8-11-22-23(14-19)30-13-12-29-22/h1-11,14,16H,12-13,15H2,(H,26,27,28). The molecule has 7 heteroatoms. The molecular weight excluding hydrogens is 424 g/mol. The predicted molar refractivity (Wildman–Crippen MR) is 125 cm³/mol. The summed E-state index contributed by atoms with van der Waals surface area (Å²) in [6, 6.07) is 23.5. The van der Waals surface area contributed by atoms with E-state index in [1.165, 1.54) is 11.3 Å². The van der Waals surface area contributed by atoms with Crippen LogP contribution in [0.15, 0.2) is 78.2 Å². The second-order valence-corrected chi connectivity index (χ2v) is 7.98. The van der Waals surface area contributed by atoms with Crippen molar-refractivity contribution < 1.29 is 19.0 Å². The Kier molecular flexibility index (Phi) is 5.72. The first kappa shape index (κ1) is 20.1. The Bertz CT molecular complexity index is 1220. The van der Waals surface area contributed by atoms with E-state index in [1.807, 2.05) is 66.0 Å². The minimum Gasteiger partial charge on any atom is -0.486 e. The van der Waals surface area contributed by atoms with Crippen molar-refractivity contribution in [2.75, 3.05) is 25.1 Å². The van der Waals surface area contributed by atoms with Crippen molar-refractivity contribution in [3.05, 3.63) is 78.2 Å². The molecule has 1 aromatic heterocycles. The van der Waals surface area contributed by atoms with Crippen molar-refractivity contribution >= 4 is 22.4 Å². The molecule has 0 saturated carbocycles. The van der Waals surface area contributed by atoms with Crippen molar-refractivity contribution in [1.29, 1.82) is 0 Å². The first-order valence-electron chi connectivity index (χ1n) is 10.2. The Morgan fingerprint density at radius 3 is 2.44 bits per heavy atom. The van der Waals surface area contributed by atoms with Crippen LogP contribution in [0.1, 0.15) is 0 Å². The van der Waals surface area contributed by atoms with E-state index in [2.05, 4.69) is 22.4 Å². The van der Waals surface area contributed by atoms with E-state index in [1.54, 1.807) is 0 Å². The van der Waals surface area contributed by atoms with Gasteiger partial charge in [-0.1, -0.05) is 42.5 Å². The number of benzene rings is 3. The number of thiazole rings is 1. The number of hydrogen-bond donors (Lipinski definition) is 1. The number of nitrogens with zero attached hydrogens (tertiary/aromatic N) is 1. The summed E-state index contributed by atoms with van der Waals surface area (Å²) in [5, 5.41) is 5.20. The minimum absolute atomic E-state index is 0.0936. The molecular formula is C25H20N2O4S. The molecule has 1 aliphatic rings. The first-order chi connectivity index (χ1) is 15.7. The molecule has 32 heavy (non-hydrogen) atoms. The van der Waals surface area contributed by atoms with Gasteiger partial charge in [-0.25, -0.2) is 4.98 Å². The summed E-state index contributed by atoms with van der Waals surface area (Å²) in [7, 11) is 0. The quantitative estimate of drug-likeness (QED) is 0.439. The largest absolute Gasteiger partial charge is 0.486 e. The van der Waals surface area contributed by atoms with Gasteiger partial charge < -0.3 is 14.2 Å². The van der Waals surface area contributed by atoms with Gasteiger partial charge in [-0.15, -0.1) is 11.3 Å². The van der Waals surface area contributed by atoms with Crippen molar-refractivity contribution in [1.82, 2.24) is 4.98 Å². The van der Waals surface area contributed by atoms with Gasteiger partial charge >= 0.3 is 0 Å². The molecule has 4 aromatic rings. The third kappa shape index (κ3) is 4.58. The molecule has 1 amide bonds. The first-order valence-corrected chi connectivity index (χ1v) is 11.1. The summed E-state index contributed by atoms with van der Waals surface area (Å²) in [4.78, 5) is 16.8. The number of carbonyl (C=O) groups excluding carboxylic acids is 1. The van der Waals surface area contributed by atoms with E-state index in [4.69, 9.17) is 14.2 Å². The molecule has 5 rings (SSSR count). The van der Waals surface area contributed by atoms with Crippen LogP contribution in [0.25, 0.3) is 22.4 Å². The summed E-state index contributed by atoms with van der Waals surface area (Å²) in [6.45, 7) is 0.992. The summed E-state index contributed by atoms with van der Waals surface area (Å²) in [6.07, 6.45) is 0. The fourth-order valence-corrected chi connectivity index (χ4v) is 4.08. The number of ether oxygens (including phenoxy) is 3. The topological polar surface area (TPSA) is 69.7 Å². The van der Waals surface area contributed by atoms with E-state index in [0.29, 0.717) is 29.8 Å². The molecule has 0 bridgehead atoms. The smallest absolute Gasteiger partial charge is 0.264 e. The van der Waals surface area contributed by atoms with Gasteiger partial charge in [-0.2, -0.15) is 0 Å². The zero-order valence-electron chi connectivity index (χ0n) is 17.1. The van der Waals surface area contributed by atoms with Crippen LogP contribution in [0.3, 0.4) is 0 Å². The van der Waals surface area contributed by atoms with Crippen LogP contribution in [-0.4, -0.2) is 30.7 Å². The number of hydrogen-bond acceptors (Lipinski definition) is 6. The van der Waals surface area contributed by atoms with Gasteiger partial charge in [0.2, 0.25) is 0 Å². The lowest BCUT2D eigenvalue weighted by Gasteiger charge is -2.18. The maximum atomic E-state index is 12.3. The highest BCUT2D eigenvalue weighted by atomic mass is 32.1. The van der Waals surface area contributed by atoms with Crippen molar-refractivity contribution in [2.24, 2.45) is 0 Å². The molecule has 0 unspecified atom stereocenters. The molecule has 0 radical (unpaired) electrons. The van der Waals surface area contributed by atoms with E-state index < -0.39 is 0 Å². The predicted octanol–water partition coefficient (Wildman–Crippen LogP) is 5.27. The normalized spacial score (nSPS) is 12.2. The highest BCUT2D eigenvalue weighted by Gasteiger charge is 2.14. The lowest BCUT2D eigenvalue weighted by molar-refractivity contribution is -0.118. The average molecular weight is 445 g/mol. The zero-order chi connectivity index (χ0) is 21.8. The molecule has 1 aliphatic heterocycles. The van der Waals surface area contributed by atoms with E-state index >= 15 is 0 Å². The van der Waals surface area contributed by atoms with Gasteiger partial charge in [0.05, 0.1) is 5.69 Å². The molecule has 3 aromatic carbocycles. The third-order valence-electron chi connectivity index (χ3n) is 4.92. The van der Waals surface area contributed by atoms with Crippen molar-refractivity contribution in [3.8, 4) is 39.6 Å². The number of carbonyl (C=O) groups is 1. The Morgan fingerprint density at radius 1 is 0.906 bits per heavy atom. The molecule has 0 atom stereocenters. The van der Waals surface area contributed by atoms with Crippen LogP contribution in [0.4, 0.5) is 5.13 Å². The van der Waals surface area contributed by atoms with Crippen LogP contribution in [-0.2, 0) is 4.79 Å². The SMILES string of the molecule is O=C(COc1ccc(-c2ccccc2)cc1)Nc1nc(-c2ccc3c(c2)OCCO3)cs1. The molecule has 0 aliphatic carbocycles. The minimum atomic E-state index is -0.264. The number of rotatable bonds is 6. The number of amides is 1. The van der Waals surface area contributed by atoms with Gasteiger partial charge in [0, 0.05) is 10.9 Å². The summed E-state index contributed by atoms with van der Waals surface area (Å²) in [5.74, 6) is 1.81. The van der Waals surface area contributed by atoms with Crippen molar-refractivity contribution in [3.63, 3.8) is 0 Å². The molecule has 0 spiro atoms. The Hall–Kier alpha value is -3.84. The maximum Gasteiger partial charge on any atom is 0.264 e. The lowest BCUT2D eigenvalue weighted by Crippen LogP contribution is -2.20. The number of nitrogens with one attached hydrogen (secondary N) is 1. The Labute approximate surface area is 189 Å². The monoisotopic (exact) mass is 444 g/mol. The number of fused-ring (bicyclic) bond motifs is 1. The van der Waals surface area contributed by atoms with E-state index in [0.717, 1.165) is 28.1 Å². The van der Waals surface area contributed by atoms with Gasteiger partial charge in [0.1, 0.15) is 19.0 Å². The summed E-state index contributed by atoms with van der Waals surface area (Å²) in [5.41, 5.74) is 3.90.